The van der Waals surface area contributed by atoms with Crippen molar-refractivity contribution in [3.63, 3.8) is 0 Å². The van der Waals surface area contributed by atoms with Gasteiger partial charge in [-0.15, -0.1) is 5.10 Å². The molecule has 23 heavy (non-hydrogen) atoms. The van der Waals surface area contributed by atoms with Gasteiger partial charge >= 0.3 is 0 Å². The number of hydrogen-bond donors (Lipinski definition) is 2. The van der Waals surface area contributed by atoms with Gasteiger partial charge < -0.3 is 11.5 Å². The van der Waals surface area contributed by atoms with Crippen LogP contribution in [0.15, 0.2) is 51.6 Å². The molecule has 0 spiro atoms. The maximum atomic E-state index is 12.8. The molecule has 0 aliphatic carbocycles. The molecular weight excluding hydrogens is 314 g/mol. The van der Waals surface area contributed by atoms with Gasteiger partial charge in [0.2, 0.25) is 5.96 Å². The van der Waals surface area contributed by atoms with E-state index in [4.69, 9.17) is 11.5 Å². The molecule has 0 amide bonds. The highest BCUT2D eigenvalue weighted by Gasteiger charge is 2.22. The van der Waals surface area contributed by atoms with Gasteiger partial charge in [-0.3, -0.25) is 0 Å². The molecule has 0 aliphatic heterocycles. The number of nitrogens with two attached hydrogens (primary N) is 2. The van der Waals surface area contributed by atoms with Gasteiger partial charge in [-0.25, -0.2) is 12.4 Å². The van der Waals surface area contributed by atoms with E-state index >= 15 is 0 Å². The van der Waals surface area contributed by atoms with Crippen LogP contribution in [0.4, 0.5) is 0 Å². The van der Waals surface area contributed by atoms with Crippen LogP contribution in [0.1, 0.15) is 23.7 Å². The van der Waals surface area contributed by atoms with E-state index in [9.17, 15) is 8.42 Å². The second-order valence-electron chi connectivity index (χ2n) is 5.10. The smallest absolute Gasteiger partial charge is 0.267 e. The molecule has 0 aliphatic rings. The fourth-order valence-corrected chi connectivity index (χ4v) is 3.90. The van der Waals surface area contributed by atoms with E-state index in [0.717, 1.165) is 5.56 Å². The standard InChI is InChI=1S/C15H19N5O2S/c1-10-9-20(23(21,22)13-7-5-4-6-8-13)12(3)14(10)11(2)18-19-15(16)17/h4-9H,1-3H3,(H4,16,17,19)/b18-11+. The van der Waals surface area contributed by atoms with E-state index in [2.05, 4.69) is 10.2 Å². The fourth-order valence-electron chi connectivity index (χ4n) is 2.42. The molecule has 1 heterocycles. The molecule has 1 aromatic carbocycles. The number of nitrogens with zero attached hydrogens (tertiary/aromatic N) is 3. The molecule has 4 N–H and O–H groups in total. The van der Waals surface area contributed by atoms with E-state index in [1.54, 1.807) is 50.4 Å². The highest BCUT2D eigenvalue weighted by molar-refractivity contribution is 7.90. The Morgan fingerprint density at radius 2 is 1.70 bits per heavy atom. The van der Waals surface area contributed by atoms with Crippen molar-refractivity contribution in [3.8, 4) is 0 Å². The van der Waals surface area contributed by atoms with Crippen LogP contribution in [-0.4, -0.2) is 24.1 Å². The molecule has 7 nitrogen and oxygen atoms in total. The first-order chi connectivity index (χ1) is 10.7. The predicted molar refractivity (Wildman–Crippen MR) is 91.0 cm³/mol. The van der Waals surface area contributed by atoms with Crippen molar-refractivity contribution in [1.82, 2.24) is 3.97 Å². The molecule has 0 radical (unpaired) electrons. The molecule has 0 unspecified atom stereocenters. The quantitative estimate of drug-likeness (QED) is 0.499. The molecule has 122 valence electrons. The zero-order chi connectivity index (χ0) is 17.2. The largest absolute Gasteiger partial charge is 0.369 e. The molecule has 0 fully saturated rings. The summed E-state index contributed by atoms with van der Waals surface area (Å²) in [6, 6.07) is 8.26. The van der Waals surface area contributed by atoms with Crippen molar-refractivity contribution in [2.75, 3.05) is 0 Å². The van der Waals surface area contributed by atoms with Crippen molar-refractivity contribution in [3.05, 3.63) is 53.3 Å². The lowest BCUT2D eigenvalue weighted by molar-refractivity contribution is 0.586. The molecule has 0 saturated carbocycles. The third kappa shape index (κ3) is 3.26. The maximum absolute atomic E-state index is 12.8. The highest BCUT2D eigenvalue weighted by atomic mass is 32.2. The molecule has 2 rings (SSSR count). The van der Waals surface area contributed by atoms with Gasteiger partial charge in [0.15, 0.2) is 0 Å². The van der Waals surface area contributed by atoms with Crippen LogP contribution >= 0.6 is 0 Å². The number of aromatic nitrogens is 1. The predicted octanol–water partition coefficient (Wildman–Crippen LogP) is 1.34. The average Bonchev–Trinajstić information content (AvgIpc) is 2.81. The summed E-state index contributed by atoms with van der Waals surface area (Å²) >= 11 is 0. The molecular formula is C15H19N5O2S. The summed E-state index contributed by atoms with van der Waals surface area (Å²) in [5.74, 6) is -0.156. The Morgan fingerprint density at radius 3 is 2.26 bits per heavy atom. The van der Waals surface area contributed by atoms with E-state index < -0.39 is 10.0 Å². The van der Waals surface area contributed by atoms with Gasteiger partial charge in [-0.1, -0.05) is 18.2 Å². The number of hydrogen-bond acceptors (Lipinski definition) is 4. The van der Waals surface area contributed by atoms with E-state index in [-0.39, 0.29) is 10.9 Å². The molecule has 1 aromatic heterocycles. The number of rotatable bonds is 4. The summed E-state index contributed by atoms with van der Waals surface area (Å²) in [4.78, 5) is 0.225. The molecule has 2 aromatic rings. The maximum Gasteiger partial charge on any atom is 0.267 e. The minimum Gasteiger partial charge on any atom is -0.369 e. The van der Waals surface area contributed by atoms with Crippen LogP contribution in [0, 0.1) is 13.8 Å². The number of guanidine groups is 1. The Hall–Kier alpha value is -2.61. The number of benzene rings is 1. The van der Waals surface area contributed by atoms with Crippen LogP contribution < -0.4 is 11.5 Å². The second-order valence-corrected chi connectivity index (χ2v) is 6.91. The molecule has 0 saturated heterocycles. The summed E-state index contributed by atoms with van der Waals surface area (Å²) in [7, 11) is -3.66. The molecule has 0 atom stereocenters. The van der Waals surface area contributed by atoms with Crippen molar-refractivity contribution in [2.24, 2.45) is 21.7 Å². The Kier molecular flexibility index (Phi) is 4.55. The lowest BCUT2D eigenvalue weighted by Crippen LogP contribution is -2.22. The molecule has 0 bridgehead atoms. The highest BCUT2D eigenvalue weighted by Crippen LogP contribution is 2.23. The monoisotopic (exact) mass is 333 g/mol. The van der Waals surface area contributed by atoms with Crippen LogP contribution in [0.2, 0.25) is 0 Å². The van der Waals surface area contributed by atoms with Crippen LogP contribution in [0.3, 0.4) is 0 Å². The third-order valence-electron chi connectivity index (χ3n) is 3.37. The Balaban J connectivity index is 2.59. The van der Waals surface area contributed by atoms with Crippen molar-refractivity contribution >= 4 is 21.7 Å². The first-order valence-corrected chi connectivity index (χ1v) is 8.32. The van der Waals surface area contributed by atoms with E-state index in [0.29, 0.717) is 17.0 Å². The lowest BCUT2D eigenvalue weighted by atomic mass is 10.1. The van der Waals surface area contributed by atoms with E-state index in [1.807, 2.05) is 6.92 Å². The van der Waals surface area contributed by atoms with Gasteiger partial charge in [0.05, 0.1) is 10.6 Å². The van der Waals surface area contributed by atoms with Gasteiger partial charge in [0.1, 0.15) is 0 Å². The lowest BCUT2D eigenvalue weighted by Gasteiger charge is -2.09. The van der Waals surface area contributed by atoms with Crippen molar-refractivity contribution in [2.45, 2.75) is 25.7 Å². The van der Waals surface area contributed by atoms with Gasteiger partial charge in [0.25, 0.3) is 10.0 Å². The topological polar surface area (TPSA) is 116 Å². The van der Waals surface area contributed by atoms with Crippen LogP contribution in [-0.2, 0) is 10.0 Å². The zero-order valence-electron chi connectivity index (χ0n) is 13.2. The first kappa shape index (κ1) is 16.8. The van der Waals surface area contributed by atoms with Crippen molar-refractivity contribution in [1.29, 1.82) is 0 Å². The van der Waals surface area contributed by atoms with Gasteiger partial charge in [0, 0.05) is 17.5 Å². The normalized spacial score (nSPS) is 12.2. The first-order valence-electron chi connectivity index (χ1n) is 6.88. The zero-order valence-corrected chi connectivity index (χ0v) is 14.0. The summed E-state index contributed by atoms with van der Waals surface area (Å²) in [6.45, 7) is 5.26. The Bertz CT molecular complexity index is 876. The van der Waals surface area contributed by atoms with E-state index in [1.165, 1.54) is 3.97 Å². The summed E-state index contributed by atoms with van der Waals surface area (Å²) in [6.07, 6.45) is 1.57. The average molecular weight is 333 g/mol. The Labute approximate surface area is 135 Å². The molecule has 8 heteroatoms. The number of aryl methyl sites for hydroxylation is 1. The second kappa shape index (κ2) is 6.25. The van der Waals surface area contributed by atoms with Crippen LogP contribution in [0.5, 0.6) is 0 Å². The van der Waals surface area contributed by atoms with Crippen LogP contribution in [0.25, 0.3) is 0 Å². The minimum atomic E-state index is -3.66. The summed E-state index contributed by atoms with van der Waals surface area (Å²) in [5, 5.41) is 7.54. The van der Waals surface area contributed by atoms with Gasteiger partial charge in [-0.2, -0.15) is 5.10 Å². The van der Waals surface area contributed by atoms with Gasteiger partial charge in [-0.05, 0) is 38.5 Å². The summed E-state index contributed by atoms with van der Waals surface area (Å²) in [5.41, 5.74) is 13.1. The fraction of sp³-hybridized carbons (Fsp3) is 0.200. The third-order valence-corrected chi connectivity index (χ3v) is 5.14. The minimum absolute atomic E-state index is 0.156. The van der Waals surface area contributed by atoms with Crippen molar-refractivity contribution < 1.29 is 8.42 Å². The SMILES string of the molecule is C/C(=N\N=C(N)N)c1c(C)cn(S(=O)(=O)c2ccccc2)c1C. The Morgan fingerprint density at radius 1 is 1.09 bits per heavy atom. The summed E-state index contributed by atoms with van der Waals surface area (Å²) < 4.78 is 26.8.